The van der Waals surface area contributed by atoms with Crippen LogP contribution in [0.3, 0.4) is 0 Å². The largest absolute Gasteiger partial charge is 0.494 e. The van der Waals surface area contributed by atoms with E-state index in [0.717, 1.165) is 132 Å². The van der Waals surface area contributed by atoms with Crippen molar-refractivity contribution in [3.8, 4) is 78.5 Å². The van der Waals surface area contributed by atoms with E-state index in [1.165, 1.54) is 44.5 Å². The van der Waals surface area contributed by atoms with Gasteiger partial charge in [-0.3, -0.25) is 0 Å². The molecule has 0 bridgehead atoms. The number of nitrogens with zero attached hydrogens (tertiary/aromatic N) is 4. The van der Waals surface area contributed by atoms with Crippen LogP contribution in [0.15, 0.2) is 421 Å². The van der Waals surface area contributed by atoms with E-state index in [2.05, 4.69) is 358 Å². The Bertz CT molecular complexity index is 6760. The van der Waals surface area contributed by atoms with Crippen LogP contribution in [0.4, 0.5) is 34.1 Å². The summed E-state index contributed by atoms with van der Waals surface area (Å²) in [5.74, 6) is 1.27. The molecule has 21 rings (SSSR count). The summed E-state index contributed by atoms with van der Waals surface area (Å²) in [6.45, 7) is 8.34. The Morgan fingerprint density at radius 3 is 0.847 bits per heavy atom. The lowest BCUT2D eigenvalue weighted by atomic mass is 9.79. The smallest absolute Gasteiger partial charge is 0.435 e. The summed E-state index contributed by atoms with van der Waals surface area (Å²) < 4.78 is 25.2. The first kappa shape index (κ1) is 74.0. The summed E-state index contributed by atoms with van der Waals surface area (Å²) in [6.07, 6.45) is 0. The van der Waals surface area contributed by atoms with Gasteiger partial charge in [-0.2, -0.15) is 0 Å². The molecule has 8 nitrogen and oxygen atoms in total. The maximum absolute atomic E-state index is 6.50. The molecule has 118 heavy (non-hydrogen) atoms. The highest BCUT2D eigenvalue weighted by Gasteiger charge is 2.51. The number of anilines is 6. The van der Waals surface area contributed by atoms with Gasteiger partial charge in [-0.05, 0) is 249 Å². The van der Waals surface area contributed by atoms with Gasteiger partial charge < -0.3 is 27.9 Å². The molecule has 18 aromatic carbocycles. The monoisotopic (exact) mass is 1540 g/mol. The molecule has 566 valence electrons. The Labute approximate surface area is 691 Å². The standard InChI is InChI=1S/C51H34N2O.C36H34BNO2.C21H12ClNO/c1-4-10-35(11-5-1)37-20-27-44(28-21-37)53(45-29-22-38(23-30-45)36-12-6-2-7-13-36)46-31-24-39(25-32-46)43-19-17-40-16-18-41-26-33-48-50(49(41)47(40)34-43)54-51(52-48)42-14-8-3-9-15-42;1-35(2)36(3,4)40-37(39-35)31-19-25-34(26-20-31)38(32-21-15-29(16-22-32)27-11-7-5-8-12-27)33-23-17-30(18-24-33)28-13-9-6-10-14-28;22-16-10-8-13-6-7-14-9-11-18-20(19(14)17(13)12-16)24-21(23-18)15-4-2-1-3-5-15/h1-34H;5-26H,1-4H3;1-12H. The zero-order chi connectivity index (χ0) is 79.7. The second-order valence-electron chi connectivity index (χ2n) is 30.8. The highest BCUT2D eigenvalue weighted by molar-refractivity contribution is 6.62. The molecule has 0 saturated carbocycles. The molecule has 0 amide bonds. The van der Waals surface area contributed by atoms with Crippen LogP contribution in [0.25, 0.3) is 144 Å². The van der Waals surface area contributed by atoms with Gasteiger partial charge in [0.15, 0.2) is 11.2 Å². The fourth-order valence-electron chi connectivity index (χ4n) is 15.8. The normalized spacial score (nSPS) is 12.8. The average molecular weight is 1540 g/mol. The average Bonchev–Trinajstić information content (AvgIpc) is 1.45. The summed E-state index contributed by atoms with van der Waals surface area (Å²) in [5.41, 5.74) is 24.0. The molecule has 10 heteroatoms. The number of halogens is 1. The van der Waals surface area contributed by atoms with E-state index in [-0.39, 0.29) is 18.3 Å². The quantitative estimate of drug-likeness (QED) is 0.0787. The van der Waals surface area contributed by atoms with Crippen LogP contribution in [0.5, 0.6) is 0 Å². The van der Waals surface area contributed by atoms with Crippen LogP contribution in [-0.4, -0.2) is 28.3 Å². The van der Waals surface area contributed by atoms with Crippen LogP contribution in [0, 0.1) is 0 Å². The van der Waals surface area contributed by atoms with E-state index in [9.17, 15) is 0 Å². The summed E-state index contributed by atoms with van der Waals surface area (Å²) in [4.78, 5) is 14.1. The van der Waals surface area contributed by atoms with Crippen LogP contribution < -0.4 is 15.3 Å². The fraction of sp³-hybridized carbons (Fsp3) is 0.0556. The highest BCUT2D eigenvalue weighted by Crippen LogP contribution is 2.44. The van der Waals surface area contributed by atoms with Crippen molar-refractivity contribution in [1.82, 2.24) is 9.97 Å². The zero-order valence-electron chi connectivity index (χ0n) is 65.6. The van der Waals surface area contributed by atoms with Gasteiger partial charge in [0.1, 0.15) is 11.0 Å². The molecule has 20 aromatic rings. The van der Waals surface area contributed by atoms with Crippen molar-refractivity contribution in [2.75, 3.05) is 9.80 Å². The Hall–Kier alpha value is -14.2. The fourth-order valence-corrected chi connectivity index (χ4v) is 16.0. The van der Waals surface area contributed by atoms with Crippen LogP contribution >= 0.6 is 11.6 Å². The summed E-state index contributed by atoms with van der Waals surface area (Å²) in [5, 5.41) is 9.64. The molecular formula is C108H80BClN4O4. The van der Waals surface area contributed by atoms with E-state index in [4.69, 9.17) is 34.7 Å². The Balaban J connectivity index is 0.000000126. The third kappa shape index (κ3) is 15.0. The van der Waals surface area contributed by atoms with Gasteiger partial charge in [0.25, 0.3) is 0 Å². The molecule has 0 spiro atoms. The Kier molecular flexibility index (Phi) is 20.0. The topological polar surface area (TPSA) is 77.0 Å². The number of aromatic nitrogens is 2. The van der Waals surface area contributed by atoms with Crippen LogP contribution in [-0.2, 0) is 9.31 Å². The van der Waals surface area contributed by atoms with Crippen molar-refractivity contribution in [3.05, 3.63) is 418 Å². The molecule has 0 unspecified atom stereocenters. The molecule has 2 aromatic heterocycles. The Morgan fingerprint density at radius 1 is 0.254 bits per heavy atom. The van der Waals surface area contributed by atoms with Gasteiger partial charge in [-0.25, -0.2) is 9.97 Å². The van der Waals surface area contributed by atoms with E-state index < -0.39 is 0 Å². The number of hydrogen-bond acceptors (Lipinski definition) is 8. The van der Waals surface area contributed by atoms with Crippen molar-refractivity contribution in [2.24, 2.45) is 0 Å². The van der Waals surface area contributed by atoms with Crippen LogP contribution in [0.2, 0.25) is 5.02 Å². The first-order chi connectivity index (χ1) is 57.8. The first-order valence-corrected chi connectivity index (χ1v) is 40.3. The number of oxazole rings is 2. The molecular weight excluding hydrogens is 1460 g/mol. The van der Waals surface area contributed by atoms with E-state index in [0.29, 0.717) is 11.8 Å². The molecule has 1 fully saturated rings. The van der Waals surface area contributed by atoms with Crippen molar-refractivity contribution in [1.29, 1.82) is 0 Å². The van der Waals surface area contributed by atoms with Crippen LogP contribution in [0.1, 0.15) is 27.7 Å². The lowest BCUT2D eigenvalue weighted by molar-refractivity contribution is 0.00578. The predicted molar refractivity (Wildman–Crippen MR) is 493 cm³/mol. The van der Waals surface area contributed by atoms with E-state index >= 15 is 0 Å². The summed E-state index contributed by atoms with van der Waals surface area (Å²) in [6, 6.07) is 144. The minimum atomic E-state index is -0.386. The second kappa shape index (κ2) is 31.9. The lowest BCUT2D eigenvalue weighted by Gasteiger charge is -2.32. The highest BCUT2D eigenvalue weighted by atomic mass is 35.5. The van der Waals surface area contributed by atoms with E-state index in [1.807, 2.05) is 97.1 Å². The molecule has 1 aliphatic rings. The van der Waals surface area contributed by atoms with Crippen molar-refractivity contribution in [2.45, 2.75) is 38.9 Å². The third-order valence-electron chi connectivity index (χ3n) is 22.8. The SMILES string of the molecule is CC1(C)OB(c2ccc(N(c3ccc(-c4ccccc4)cc3)c3ccc(-c4ccccc4)cc3)cc2)OC1(C)C.Clc1ccc2ccc3ccc4nc(-c5ccccc5)oc4c3c2c1.c1ccc(-c2ccc(N(c3ccc(-c4ccccc4)cc3)c3ccc(-c4ccc5ccc6ccc7nc(-c8ccccc8)oc7c6c5c4)cc3)cc2)cc1. The summed E-state index contributed by atoms with van der Waals surface area (Å²) >= 11 is 6.23. The maximum atomic E-state index is 6.50. The van der Waals surface area contributed by atoms with Crippen molar-refractivity contribution in [3.63, 3.8) is 0 Å². The summed E-state index contributed by atoms with van der Waals surface area (Å²) in [7, 11) is -0.386. The molecule has 0 radical (unpaired) electrons. The minimum Gasteiger partial charge on any atom is -0.435 e. The van der Waals surface area contributed by atoms with Gasteiger partial charge in [0, 0.05) is 61.0 Å². The second-order valence-corrected chi connectivity index (χ2v) is 31.2. The number of hydrogen-bond donors (Lipinski definition) is 0. The molecule has 1 aliphatic heterocycles. The molecule has 0 aliphatic carbocycles. The predicted octanol–water partition coefficient (Wildman–Crippen LogP) is 29.5. The first-order valence-electron chi connectivity index (χ1n) is 39.9. The molecule has 1 saturated heterocycles. The zero-order valence-corrected chi connectivity index (χ0v) is 66.4. The van der Waals surface area contributed by atoms with Crippen molar-refractivity contribution >= 4 is 124 Å². The van der Waals surface area contributed by atoms with Gasteiger partial charge in [0.05, 0.1) is 11.2 Å². The van der Waals surface area contributed by atoms with Gasteiger partial charge in [0.2, 0.25) is 11.8 Å². The Morgan fingerprint density at radius 2 is 0.508 bits per heavy atom. The molecule has 3 heterocycles. The van der Waals surface area contributed by atoms with E-state index in [1.54, 1.807) is 0 Å². The van der Waals surface area contributed by atoms with Gasteiger partial charge >= 0.3 is 7.12 Å². The third-order valence-corrected chi connectivity index (χ3v) is 23.0. The van der Waals surface area contributed by atoms with Crippen molar-refractivity contribution < 1.29 is 18.1 Å². The number of benzene rings is 18. The lowest BCUT2D eigenvalue weighted by Crippen LogP contribution is -2.41. The minimum absolute atomic E-state index is 0.372. The maximum Gasteiger partial charge on any atom is 0.494 e. The van der Waals surface area contributed by atoms with Gasteiger partial charge in [-0.1, -0.05) is 297 Å². The molecule has 0 atom stereocenters. The molecule has 0 N–H and O–H groups in total. The number of rotatable bonds is 14. The number of fused-ring (bicyclic) bond motifs is 10. The van der Waals surface area contributed by atoms with Gasteiger partial charge in [-0.15, -0.1) is 0 Å².